The first-order chi connectivity index (χ1) is 19.0. The number of halogens is 5. The Morgan fingerprint density at radius 3 is 2.38 bits per heavy atom. The van der Waals surface area contributed by atoms with Crippen LogP contribution >= 0.6 is 0 Å². The molecule has 10 heteroatoms. The minimum atomic E-state index is -4.63. The molecule has 210 valence electrons. The summed E-state index contributed by atoms with van der Waals surface area (Å²) >= 11 is 0. The lowest BCUT2D eigenvalue weighted by atomic mass is 9.93. The van der Waals surface area contributed by atoms with Crippen LogP contribution in [0.3, 0.4) is 0 Å². The number of benzene rings is 3. The molecule has 0 aliphatic heterocycles. The molecular weight excluding hydrogens is 533 g/mol. The van der Waals surface area contributed by atoms with Crippen LogP contribution < -0.4 is 10.1 Å². The number of ether oxygens (including phenoxy) is 2. The highest BCUT2D eigenvalue weighted by Gasteiger charge is 2.32. The van der Waals surface area contributed by atoms with E-state index in [4.69, 9.17) is 9.47 Å². The van der Waals surface area contributed by atoms with Crippen molar-refractivity contribution in [2.45, 2.75) is 45.9 Å². The highest BCUT2D eigenvalue weighted by Crippen LogP contribution is 2.45. The number of allylic oxidation sites excluding steroid dienone is 2. The molecule has 0 saturated heterocycles. The van der Waals surface area contributed by atoms with E-state index in [1.165, 1.54) is 25.1 Å². The molecule has 0 unspecified atom stereocenters. The quantitative estimate of drug-likeness (QED) is 0.226. The predicted molar refractivity (Wildman–Crippen MR) is 140 cm³/mol. The van der Waals surface area contributed by atoms with Gasteiger partial charge in [0.2, 0.25) is 5.91 Å². The van der Waals surface area contributed by atoms with Gasteiger partial charge in [-0.25, -0.2) is 13.6 Å². The zero-order valence-electron chi connectivity index (χ0n) is 21.8. The lowest BCUT2D eigenvalue weighted by molar-refractivity contribution is -0.137. The SMILES string of the molecule is CCOC(=O)c1cc(NC(C)=O)cc(C2=C(c3cc(C(F)(F)F)ccc3OCc3ccc(F)cc3F)CCC2)c1. The molecule has 0 heterocycles. The maximum atomic E-state index is 14.2. The monoisotopic (exact) mass is 559 g/mol. The van der Waals surface area contributed by atoms with Gasteiger partial charge < -0.3 is 14.8 Å². The van der Waals surface area contributed by atoms with Gasteiger partial charge in [-0.1, -0.05) is 0 Å². The second kappa shape index (κ2) is 11.9. The Hall–Kier alpha value is -4.21. The molecule has 4 rings (SSSR count). The van der Waals surface area contributed by atoms with Crippen molar-refractivity contribution in [3.05, 3.63) is 94.0 Å². The molecule has 0 aromatic heterocycles. The van der Waals surface area contributed by atoms with Gasteiger partial charge >= 0.3 is 12.1 Å². The average molecular weight is 560 g/mol. The standard InChI is InChI=1S/C30H26F5NO4/c1-3-39-29(38)20-11-19(12-23(13-20)36-17(2)37)24-5-4-6-25(24)26-14-21(30(33,34)35)8-10-28(26)40-16-18-7-9-22(31)15-27(18)32/h7-15H,3-6,16H2,1-2H3,(H,36,37). The number of nitrogens with one attached hydrogen (secondary N) is 1. The molecule has 1 N–H and O–H groups in total. The molecule has 1 aliphatic rings. The number of esters is 1. The van der Waals surface area contributed by atoms with Gasteiger partial charge in [0.05, 0.1) is 17.7 Å². The number of hydrogen-bond acceptors (Lipinski definition) is 4. The molecule has 0 saturated carbocycles. The first-order valence-electron chi connectivity index (χ1n) is 12.6. The fourth-order valence-electron chi connectivity index (χ4n) is 4.63. The third-order valence-corrected chi connectivity index (χ3v) is 6.36. The lowest BCUT2D eigenvalue weighted by Crippen LogP contribution is -2.10. The zero-order chi connectivity index (χ0) is 29.0. The number of alkyl halides is 3. The van der Waals surface area contributed by atoms with Crippen molar-refractivity contribution in [2.24, 2.45) is 0 Å². The maximum absolute atomic E-state index is 14.2. The molecule has 0 bridgehead atoms. The van der Waals surface area contributed by atoms with Crippen LogP contribution in [0.15, 0.2) is 54.6 Å². The van der Waals surface area contributed by atoms with E-state index in [2.05, 4.69) is 5.32 Å². The van der Waals surface area contributed by atoms with Crippen LogP contribution in [0.4, 0.5) is 27.6 Å². The van der Waals surface area contributed by atoms with Crippen LogP contribution in [0, 0.1) is 11.6 Å². The fourth-order valence-corrected chi connectivity index (χ4v) is 4.63. The topological polar surface area (TPSA) is 64.6 Å². The van der Waals surface area contributed by atoms with Crippen molar-refractivity contribution in [3.8, 4) is 5.75 Å². The Bertz CT molecular complexity index is 1480. The molecule has 5 nitrogen and oxygen atoms in total. The average Bonchev–Trinajstić information content (AvgIpc) is 3.37. The summed E-state index contributed by atoms with van der Waals surface area (Å²) < 4.78 is 79.5. The number of rotatable bonds is 8. The van der Waals surface area contributed by atoms with E-state index in [9.17, 15) is 31.5 Å². The molecule has 0 atom stereocenters. The van der Waals surface area contributed by atoms with E-state index < -0.39 is 29.3 Å². The largest absolute Gasteiger partial charge is 0.488 e. The summed E-state index contributed by atoms with van der Waals surface area (Å²) in [5, 5.41) is 2.64. The van der Waals surface area contributed by atoms with Crippen LogP contribution in [0.1, 0.15) is 65.7 Å². The molecule has 0 spiro atoms. The van der Waals surface area contributed by atoms with E-state index >= 15 is 0 Å². The highest BCUT2D eigenvalue weighted by atomic mass is 19.4. The molecule has 1 aliphatic carbocycles. The Balaban J connectivity index is 1.83. The van der Waals surface area contributed by atoms with Gasteiger partial charge in [0.1, 0.15) is 24.0 Å². The fraction of sp³-hybridized carbons (Fsp3) is 0.267. The van der Waals surface area contributed by atoms with Gasteiger partial charge in [-0.2, -0.15) is 13.2 Å². The number of amides is 1. The van der Waals surface area contributed by atoms with E-state index in [1.54, 1.807) is 19.1 Å². The van der Waals surface area contributed by atoms with Gasteiger partial charge in [0.25, 0.3) is 0 Å². The Labute approximate surface area is 227 Å². The van der Waals surface area contributed by atoms with Crippen molar-refractivity contribution in [1.82, 2.24) is 0 Å². The summed E-state index contributed by atoms with van der Waals surface area (Å²) in [6.07, 6.45) is -3.11. The number of hydrogen-bond donors (Lipinski definition) is 1. The summed E-state index contributed by atoms with van der Waals surface area (Å²) in [7, 11) is 0. The minimum absolute atomic E-state index is 0.0370. The molecule has 1 amide bonds. The highest BCUT2D eigenvalue weighted by molar-refractivity contribution is 5.99. The van der Waals surface area contributed by atoms with Gasteiger partial charge in [-0.05, 0) is 91.4 Å². The van der Waals surface area contributed by atoms with Gasteiger partial charge in [-0.15, -0.1) is 0 Å². The third kappa shape index (κ3) is 6.67. The summed E-state index contributed by atoms with van der Waals surface area (Å²) in [6.45, 7) is 2.76. The molecular formula is C30H26F5NO4. The Kier molecular flexibility index (Phi) is 8.56. The van der Waals surface area contributed by atoms with Crippen LogP contribution in [-0.4, -0.2) is 18.5 Å². The van der Waals surface area contributed by atoms with Crippen molar-refractivity contribution < 1.29 is 41.0 Å². The molecule has 3 aromatic carbocycles. The first kappa shape index (κ1) is 28.8. The predicted octanol–water partition coefficient (Wildman–Crippen LogP) is 7.79. The van der Waals surface area contributed by atoms with Crippen molar-refractivity contribution >= 4 is 28.7 Å². The number of anilines is 1. The van der Waals surface area contributed by atoms with Crippen LogP contribution in [0.2, 0.25) is 0 Å². The van der Waals surface area contributed by atoms with E-state index in [1.807, 2.05) is 0 Å². The van der Waals surface area contributed by atoms with E-state index in [-0.39, 0.29) is 41.6 Å². The van der Waals surface area contributed by atoms with Gasteiger partial charge in [-0.3, -0.25) is 4.79 Å². The Morgan fingerprint density at radius 1 is 0.950 bits per heavy atom. The van der Waals surface area contributed by atoms with E-state index in [0.717, 1.165) is 18.2 Å². The number of carbonyl (C=O) groups is 2. The first-order valence-corrected chi connectivity index (χ1v) is 12.6. The number of carbonyl (C=O) groups excluding carboxylic acids is 2. The van der Waals surface area contributed by atoms with Gasteiger partial charge in [0.15, 0.2) is 0 Å². The van der Waals surface area contributed by atoms with Gasteiger partial charge in [0, 0.05) is 29.8 Å². The lowest BCUT2D eigenvalue weighted by Gasteiger charge is -2.18. The molecule has 0 radical (unpaired) electrons. The summed E-state index contributed by atoms with van der Waals surface area (Å²) in [5.41, 5.74) is 1.61. The maximum Gasteiger partial charge on any atom is 0.416 e. The zero-order valence-corrected chi connectivity index (χ0v) is 21.8. The third-order valence-electron chi connectivity index (χ3n) is 6.36. The summed E-state index contributed by atoms with van der Waals surface area (Å²) in [5.74, 6) is -2.49. The van der Waals surface area contributed by atoms with Crippen molar-refractivity contribution in [3.63, 3.8) is 0 Å². The summed E-state index contributed by atoms with van der Waals surface area (Å²) in [6, 6.07) is 10.7. The van der Waals surface area contributed by atoms with Crippen molar-refractivity contribution in [1.29, 1.82) is 0 Å². The van der Waals surface area contributed by atoms with E-state index in [0.29, 0.717) is 47.7 Å². The normalized spacial score (nSPS) is 13.4. The Morgan fingerprint density at radius 2 is 1.70 bits per heavy atom. The second-order valence-corrected chi connectivity index (χ2v) is 9.24. The van der Waals surface area contributed by atoms with Crippen LogP contribution in [0.5, 0.6) is 5.75 Å². The second-order valence-electron chi connectivity index (χ2n) is 9.24. The molecule has 0 fully saturated rings. The van der Waals surface area contributed by atoms with Crippen molar-refractivity contribution in [2.75, 3.05) is 11.9 Å². The van der Waals surface area contributed by atoms with Crippen LogP contribution in [0.25, 0.3) is 11.1 Å². The summed E-state index contributed by atoms with van der Waals surface area (Å²) in [4.78, 5) is 24.3. The van der Waals surface area contributed by atoms with Crippen LogP contribution in [-0.2, 0) is 22.3 Å². The smallest absolute Gasteiger partial charge is 0.416 e. The molecule has 40 heavy (non-hydrogen) atoms. The minimum Gasteiger partial charge on any atom is -0.488 e. The molecule has 3 aromatic rings.